The molecule has 0 bridgehead atoms. The predicted molar refractivity (Wildman–Crippen MR) is 166 cm³/mol. The van der Waals surface area contributed by atoms with Crippen LogP contribution in [-0.4, -0.2) is 41.9 Å². The van der Waals surface area contributed by atoms with Gasteiger partial charge in [-0.1, -0.05) is 66.0 Å². The number of carbonyl (C=O) groups is 2. The molecule has 1 amide bonds. The van der Waals surface area contributed by atoms with E-state index in [1.54, 1.807) is 0 Å². The number of rotatable bonds is 9. The van der Waals surface area contributed by atoms with Crippen LogP contribution >= 0.6 is 0 Å². The first kappa shape index (κ1) is 29.3. The highest BCUT2D eigenvalue weighted by Gasteiger charge is 2.33. The maximum absolute atomic E-state index is 13.5. The number of carbonyl (C=O) groups excluding carboxylic acids is 2. The zero-order valence-electron chi connectivity index (χ0n) is 25.8. The van der Waals surface area contributed by atoms with Crippen molar-refractivity contribution in [3.8, 4) is 11.3 Å². The summed E-state index contributed by atoms with van der Waals surface area (Å²) in [5.41, 5.74) is 9.22. The van der Waals surface area contributed by atoms with Gasteiger partial charge in [-0.25, -0.2) is 0 Å². The van der Waals surface area contributed by atoms with Gasteiger partial charge < -0.3 is 14.6 Å². The van der Waals surface area contributed by atoms with Gasteiger partial charge in [0.15, 0.2) is 0 Å². The summed E-state index contributed by atoms with van der Waals surface area (Å²) in [6, 6.07) is 9.01. The predicted octanol–water partition coefficient (Wildman–Crippen LogP) is 7.27. The SMILES string of the molecule is Cc1c(C(=O)N[C@H]2C[C@H](OC=O)C2)cc(-c2ccc(C3=C(C(C)C)CN=C3)c(C(C)(C)C)c2)n1CC1CCCCC1. The molecule has 0 atom stereocenters. The lowest BCUT2D eigenvalue weighted by Gasteiger charge is -2.34. The fourth-order valence-electron chi connectivity index (χ4n) is 6.81. The van der Waals surface area contributed by atoms with E-state index in [1.165, 1.54) is 54.4 Å². The summed E-state index contributed by atoms with van der Waals surface area (Å²) in [6.07, 6.45) is 9.71. The quantitative estimate of drug-likeness (QED) is 0.330. The van der Waals surface area contributed by atoms with Crippen LogP contribution in [0.25, 0.3) is 16.8 Å². The molecule has 0 spiro atoms. The molecular weight excluding hydrogens is 510 g/mol. The Balaban J connectivity index is 1.53. The van der Waals surface area contributed by atoms with Crippen molar-refractivity contribution >= 4 is 24.2 Å². The van der Waals surface area contributed by atoms with E-state index in [0.29, 0.717) is 31.1 Å². The van der Waals surface area contributed by atoms with Gasteiger partial charge in [0.1, 0.15) is 6.10 Å². The van der Waals surface area contributed by atoms with Gasteiger partial charge in [0, 0.05) is 48.6 Å². The maximum atomic E-state index is 13.5. The molecule has 220 valence electrons. The van der Waals surface area contributed by atoms with Crippen LogP contribution in [0.2, 0.25) is 0 Å². The van der Waals surface area contributed by atoms with Gasteiger partial charge in [0.2, 0.25) is 0 Å². The molecular formula is C35H47N3O3. The van der Waals surface area contributed by atoms with Gasteiger partial charge in [0.25, 0.3) is 12.4 Å². The number of aliphatic imine (C=N–C) groups is 1. The molecule has 2 aromatic rings. The molecule has 6 nitrogen and oxygen atoms in total. The molecule has 6 heteroatoms. The number of nitrogens with zero attached hydrogens (tertiary/aromatic N) is 2. The molecule has 2 aliphatic carbocycles. The average molecular weight is 558 g/mol. The average Bonchev–Trinajstić information content (AvgIpc) is 3.53. The number of allylic oxidation sites excluding steroid dienone is 1. The third kappa shape index (κ3) is 6.22. The smallest absolute Gasteiger partial charge is 0.293 e. The standard InChI is InChI=1S/C35H47N3O3/c1-22(2)30-18-36-19-31(30)28-13-12-25(14-32(28)35(4,5)6)33-17-29(34(40)37-26-15-27(16-26)41-21-39)23(3)38(33)20-24-10-8-7-9-11-24/h12-14,17,19,21-22,24,26-27H,7-11,15-16,18,20H2,1-6H3,(H,37,40)/t26-,27-. The first-order valence-corrected chi connectivity index (χ1v) is 15.5. The Morgan fingerprint density at radius 1 is 1.15 bits per heavy atom. The highest BCUT2D eigenvalue weighted by Crippen LogP contribution is 2.39. The highest BCUT2D eigenvalue weighted by atomic mass is 16.5. The molecule has 2 fully saturated rings. The molecule has 2 heterocycles. The molecule has 3 aliphatic rings. The Labute approximate surface area is 245 Å². The Hall–Kier alpha value is -3.15. The zero-order valence-corrected chi connectivity index (χ0v) is 25.8. The van der Waals surface area contributed by atoms with Crippen molar-refractivity contribution in [1.29, 1.82) is 0 Å². The van der Waals surface area contributed by atoms with Crippen molar-refractivity contribution in [3.05, 3.63) is 52.2 Å². The first-order chi connectivity index (χ1) is 19.6. The fraction of sp³-hybridized carbons (Fsp3) is 0.571. The third-order valence-corrected chi connectivity index (χ3v) is 9.39. The summed E-state index contributed by atoms with van der Waals surface area (Å²) in [5, 5.41) is 3.19. The number of benzene rings is 1. The second kappa shape index (κ2) is 12.0. The Morgan fingerprint density at radius 3 is 2.54 bits per heavy atom. The molecule has 1 aromatic carbocycles. The van der Waals surface area contributed by atoms with E-state index in [4.69, 9.17) is 4.74 Å². The second-order valence-corrected chi connectivity index (χ2v) is 13.7. The summed E-state index contributed by atoms with van der Waals surface area (Å²) < 4.78 is 7.45. The van der Waals surface area contributed by atoms with Gasteiger partial charge >= 0.3 is 0 Å². The third-order valence-electron chi connectivity index (χ3n) is 9.39. The van der Waals surface area contributed by atoms with Gasteiger partial charge in [0.05, 0.1) is 12.1 Å². The van der Waals surface area contributed by atoms with Crippen LogP contribution < -0.4 is 5.32 Å². The van der Waals surface area contributed by atoms with Gasteiger partial charge in [-0.05, 0) is 71.4 Å². The summed E-state index contributed by atoms with van der Waals surface area (Å²) in [5.74, 6) is 1.04. The lowest BCUT2D eigenvalue weighted by atomic mass is 9.79. The number of aromatic nitrogens is 1. The van der Waals surface area contributed by atoms with Crippen molar-refractivity contribution < 1.29 is 14.3 Å². The van der Waals surface area contributed by atoms with Crippen LogP contribution in [0.3, 0.4) is 0 Å². The van der Waals surface area contributed by atoms with Crippen LogP contribution in [0.15, 0.2) is 34.8 Å². The molecule has 0 saturated heterocycles. The van der Waals surface area contributed by atoms with Crippen molar-refractivity contribution in [2.45, 2.75) is 111 Å². The molecule has 0 radical (unpaired) electrons. The normalized spacial score (nSPS) is 21.3. The van der Waals surface area contributed by atoms with E-state index >= 15 is 0 Å². The van der Waals surface area contributed by atoms with E-state index in [0.717, 1.165) is 35.6 Å². The molecule has 2 saturated carbocycles. The largest absolute Gasteiger partial charge is 0.464 e. The molecule has 1 aliphatic heterocycles. The first-order valence-electron chi connectivity index (χ1n) is 15.5. The second-order valence-electron chi connectivity index (χ2n) is 13.7. The van der Waals surface area contributed by atoms with Crippen molar-refractivity contribution in [1.82, 2.24) is 9.88 Å². The zero-order chi connectivity index (χ0) is 29.3. The minimum atomic E-state index is -0.0871. The lowest BCUT2D eigenvalue weighted by molar-refractivity contribution is -0.138. The molecule has 0 unspecified atom stereocenters. The fourth-order valence-corrected chi connectivity index (χ4v) is 6.81. The highest BCUT2D eigenvalue weighted by molar-refractivity contribution is 6.13. The van der Waals surface area contributed by atoms with E-state index in [9.17, 15) is 9.59 Å². The number of hydrogen-bond donors (Lipinski definition) is 1. The number of hydrogen-bond acceptors (Lipinski definition) is 4. The Bertz CT molecular complexity index is 1350. The van der Waals surface area contributed by atoms with Crippen LogP contribution in [0, 0.1) is 18.8 Å². The van der Waals surface area contributed by atoms with Gasteiger partial charge in [-0.2, -0.15) is 0 Å². The van der Waals surface area contributed by atoms with E-state index in [-0.39, 0.29) is 23.5 Å². The maximum Gasteiger partial charge on any atom is 0.293 e. The molecule has 1 aromatic heterocycles. The topological polar surface area (TPSA) is 72.7 Å². The van der Waals surface area contributed by atoms with E-state index in [1.807, 2.05) is 0 Å². The van der Waals surface area contributed by atoms with Gasteiger partial charge in [-0.3, -0.25) is 14.6 Å². The number of nitrogens with one attached hydrogen (secondary N) is 1. The minimum Gasteiger partial charge on any atom is -0.464 e. The lowest BCUT2D eigenvalue weighted by Crippen LogP contribution is -2.47. The Morgan fingerprint density at radius 2 is 1.88 bits per heavy atom. The van der Waals surface area contributed by atoms with E-state index < -0.39 is 0 Å². The van der Waals surface area contributed by atoms with Crippen LogP contribution in [-0.2, 0) is 21.5 Å². The molecule has 41 heavy (non-hydrogen) atoms. The van der Waals surface area contributed by atoms with E-state index in [2.05, 4.69) is 86.9 Å². The van der Waals surface area contributed by atoms with Crippen LogP contribution in [0.4, 0.5) is 0 Å². The summed E-state index contributed by atoms with van der Waals surface area (Å²) >= 11 is 0. The monoisotopic (exact) mass is 557 g/mol. The molecule has 5 rings (SSSR count). The summed E-state index contributed by atoms with van der Waals surface area (Å²) in [4.78, 5) is 28.8. The number of ether oxygens (including phenoxy) is 1. The van der Waals surface area contributed by atoms with Crippen molar-refractivity contribution in [2.24, 2.45) is 16.8 Å². The Kier molecular flexibility index (Phi) is 8.58. The van der Waals surface area contributed by atoms with Crippen molar-refractivity contribution in [3.63, 3.8) is 0 Å². The van der Waals surface area contributed by atoms with Gasteiger partial charge in [-0.15, -0.1) is 0 Å². The molecule has 1 N–H and O–H groups in total. The summed E-state index contributed by atoms with van der Waals surface area (Å²) in [6.45, 7) is 15.7. The minimum absolute atomic E-state index is 0.0396. The van der Waals surface area contributed by atoms with Crippen LogP contribution in [0.5, 0.6) is 0 Å². The van der Waals surface area contributed by atoms with Crippen LogP contribution in [0.1, 0.15) is 107 Å². The summed E-state index contributed by atoms with van der Waals surface area (Å²) in [7, 11) is 0. The van der Waals surface area contributed by atoms with Crippen molar-refractivity contribution in [2.75, 3.05) is 6.54 Å². The number of amides is 1.